The zero-order valence-corrected chi connectivity index (χ0v) is 10.1. The van der Waals surface area contributed by atoms with Crippen molar-refractivity contribution in [1.29, 1.82) is 0 Å². The lowest BCUT2D eigenvalue weighted by atomic mass is 10.1. The lowest BCUT2D eigenvalue weighted by molar-refractivity contribution is 0.402. The van der Waals surface area contributed by atoms with Crippen LogP contribution in [0.5, 0.6) is 5.75 Å². The molecule has 1 atom stereocenters. The Morgan fingerprint density at radius 2 is 2.00 bits per heavy atom. The second kappa shape index (κ2) is 4.39. The van der Waals surface area contributed by atoms with Gasteiger partial charge in [-0.3, -0.25) is 0 Å². The van der Waals surface area contributed by atoms with Gasteiger partial charge in [0, 0.05) is 23.9 Å². The van der Waals surface area contributed by atoms with Crippen molar-refractivity contribution in [2.75, 3.05) is 13.4 Å². The SMILES string of the molecule is COc1cc(S(C)(=O)=O)c(F)cc1C(C)N. The Morgan fingerprint density at radius 3 is 2.38 bits per heavy atom. The highest BCUT2D eigenvalue weighted by Gasteiger charge is 2.19. The maximum Gasteiger partial charge on any atom is 0.178 e. The van der Waals surface area contributed by atoms with Crippen LogP contribution in [-0.2, 0) is 9.84 Å². The van der Waals surface area contributed by atoms with E-state index in [4.69, 9.17) is 10.5 Å². The highest BCUT2D eigenvalue weighted by Crippen LogP contribution is 2.29. The van der Waals surface area contributed by atoms with Crippen molar-refractivity contribution in [2.24, 2.45) is 5.73 Å². The molecule has 0 aliphatic carbocycles. The van der Waals surface area contributed by atoms with Crippen molar-refractivity contribution < 1.29 is 17.5 Å². The van der Waals surface area contributed by atoms with Gasteiger partial charge >= 0.3 is 0 Å². The minimum absolute atomic E-state index is 0.275. The summed E-state index contributed by atoms with van der Waals surface area (Å²) in [5.74, 6) is -0.535. The molecular formula is C10H14FNO3S. The average molecular weight is 247 g/mol. The fourth-order valence-corrected chi connectivity index (χ4v) is 2.10. The van der Waals surface area contributed by atoms with E-state index in [1.54, 1.807) is 6.92 Å². The Bertz CT molecular complexity index is 497. The van der Waals surface area contributed by atoms with E-state index in [2.05, 4.69) is 0 Å². The van der Waals surface area contributed by atoms with E-state index in [1.807, 2.05) is 0 Å². The van der Waals surface area contributed by atoms with Crippen LogP contribution in [0.25, 0.3) is 0 Å². The number of hydrogen-bond acceptors (Lipinski definition) is 4. The molecule has 6 heteroatoms. The van der Waals surface area contributed by atoms with Crippen LogP contribution in [-0.4, -0.2) is 21.8 Å². The van der Waals surface area contributed by atoms with E-state index in [1.165, 1.54) is 7.11 Å². The lowest BCUT2D eigenvalue weighted by Gasteiger charge is -2.13. The average Bonchev–Trinajstić information content (AvgIpc) is 2.15. The first-order valence-electron chi connectivity index (χ1n) is 4.60. The van der Waals surface area contributed by atoms with E-state index in [0.717, 1.165) is 18.4 Å². The zero-order chi connectivity index (χ0) is 12.5. The number of rotatable bonds is 3. The molecule has 4 nitrogen and oxygen atoms in total. The van der Waals surface area contributed by atoms with E-state index in [0.29, 0.717) is 5.56 Å². The standard InChI is InChI=1S/C10H14FNO3S/c1-6(12)7-4-8(11)10(16(3,13)14)5-9(7)15-2/h4-6H,12H2,1-3H3. The van der Waals surface area contributed by atoms with Crippen molar-refractivity contribution in [3.05, 3.63) is 23.5 Å². The van der Waals surface area contributed by atoms with Crippen LogP contribution in [0.1, 0.15) is 18.5 Å². The second-order valence-corrected chi connectivity index (χ2v) is 5.57. The van der Waals surface area contributed by atoms with Gasteiger partial charge < -0.3 is 10.5 Å². The molecule has 1 rings (SSSR count). The number of benzene rings is 1. The summed E-state index contributed by atoms with van der Waals surface area (Å²) in [5.41, 5.74) is 6.06. The Morgan fingerprint density at radius 1 is 1.44 bits per heavy atom. The quantitative estimate of drug-likeness (QED) is 0.873. The molecule has 0 aromatic heterocycles. The third-order valence-corrected chi connectivity index (χ3v) is 3.29. The van der Waals surface area contributed by atoms with Gasteiger partial charge in [-0.05, 0) is 13.0 Å². The van der Waals surface area contributed by atoms with Gasteiger partial charge in [0.15, 0.2) is 9.84 Å². The van der Waals surface area contributed by atoms with Gasteiger partial charge in [-0.2, -0.15) is 0 Å². The largest absolute Gasteiger partial charge is 0.496 e. The summed E-state index contributed by atoms with van der Waals surface area (Å²) < 4.78 is 41.1. The fourth-order valence-electron chi connectivity index (χ4n) is 1.37. The molecule has 90 valence electrons. The molecule has 0 bridgehead atoms. The van der Waals surface area contributed by atoms with E-state index >= 15 is 0 Å². The lowest BCUT2D eigenvalue weighted by Crippen LogP contribution is -2.10. The summed E-state index contributed by atoms with van der Waals surface area (Å²) in [7, 11) is -2.22. The molecule has 0 saturated heterocycles. The minimum atomic E-state index is -3.60. The van der Waals surface area contributed by atoms with Crippen molar-refractivity contribution in [3.63, 3.8) is 0 Å². The number of hydrogen-bond donors (Lipinski definition) is 1. The molecule has 1 aromatic carbocycles. The molecule has 0 saturated carbocycles. The van der Waals surface area contributed by atoms with Crippen molar-refractivity contribution in [1.82, 2.24) is 0 Å². The number of sulfone groups is 1. The van der Waals surface area contributed by atoms with Gasteiger partial charge in [0.25, 0.3) is 0 Å². The maximum atomic E-state index is 13.5. The molecule has 0 fully saturated rings. The molecule has 16 heavy (non-hydrogen) atoms. The number of halogens is 1. The molecule has 0 aliphatic heterocycles. The van der Waals surface area contributed by atoms with Crippen LogP contribution in [0.4, 0.5) is 4.39 Å². The Labute approximate surface area is 94.1 Å². The summed E-state index contributed by atoms with van der Waals surface area (Å²) in [5, 5.41) is 0. The first-order chi connectivity index (χ1) is 7.27. The summed E-state index contributed by atoms with van der Waals surface area (Å²) in [6.45, 7) is 1.66. The summed E-state index contributed by atoms with van der Waals surface area (Å²) in [6, 6.07) is 1.82. The van der Waals surface area contributed by atoms with Crippen molar-refractivity contribution in [2.45, 2.75) is 17.9 Å². The highest BCUT2D eigenvalue weighted by atomic mass is 32.2. The Kier molecular flexibility index (Phi) is 3.54. The van der Waals surface area contributed by atoms with Crippen molar-refractivity contribution >= 4 is 9.84 Å². The van der Waals surface area contributed by atoms with Gasteiger partial charge in [0.2, 0.25) is 0 Å². The summed E-state index contributed by atoms with van der Waals surface area (Å²) in [4.78, 5) is -0.381. The number of ether oxygens (including phenoxy) is 1. The summed E-state index contributed by atoms with van der Waals surface area (Å²) >= 11 is 0. The third kappa shape index (κ3) is 2.51. The second-order valence-electron chi connectivity index (χ2n) is 3.59. The van der Waals surface area contributed by atoms with E-state index in [9.17, 15) is 12.8 Å². The van der Waals surface area contributed by atoms with Gasteiger partial charge in [-0.15, -0.1) is 0 Å². The van der Waals surface area contributed by atoms with Gasteiger partial charge in [-0.1, -0.05) is 0 Å². The molecule has 0 spiro atoms. The molecule has 0 aliphatic rings. The normalized spacial score (nSPS) is 13.6. The highest BCUT2D eigenvalue weighted by molar-refractivity contribution is 7.90. The molecule has 1 aromatic rings. The number of nitrogens with two attached hydrogens (primary N) is 1. The van der Waals surface area contributed by atoms with Crippen LogP contribution >= 0.6 is 0 Å². The predicted molar refractivity (Wildman–Crippen MR) is 58.7 cm³/mol. The van der Waals surface area contributed by atoms with Gasteiger partial charge in [0.05, 0.1) is 7.11 Å². The van der Waals surface area contributed by atoms with Crippen LogP contribution in [0.3, 0.4) is 0 Å². The van der Waals surface area contributed by atoms with Gasteiger partial charge in [0.1, 0.15) is 16.5 Å². The van der Waals surface area contributed by atoms with E-state index in [-0.39, 0.29) is 10.6 Å². The maximum absolute atomic E-state index is 13.5. The van der Waals surface area contributed by atoms with E-state index < -0.39 is 21.7 Å². The monoisotopic (exact) mass is 247 g/mol. The van der Waals surface area contributed by atoms with Crippen molar-refractivity contribution in [3.8, 4) is 5.75 Å². The first kappa shape index (κ1) is 12.9. The first-order valence-corrected chi connectivity index (χ1v) is 6.49. The molecule has 0 radical (unpaired) electrons. The number of methoxy groups -OCH3 is 1. The topological polar surface area (TPSA) is 69.4 Å². The third-order valence-electron chi connectivity index (χ3n) is 2.17. The Hall–Kier alpha value is -1.14. The van der Waals surface area contributed by atoms with Gasteiger partial charge in [-0.25, -0.2) is 12.8 Å². The van der Waals surface area contributed by atoms with Crippen LogP contribution in [0.15, 0.2) is 17.0 Å². The minimum Gasteiger partial charge on any atom is -0.496 e. The molecule has 1 unspecified atom stereocenters. The summed E-state index contributed by atoms with van der Waals surface area (Å²) in [6.07, 6.45) is 0.941. The molecule has 0 amide bonds. The molecule has 0 heterocycles. The fraction of sp³-hybridized carbons (Fsp3) is 0.400. The van der Waals surface area contributed by atoms with Crippen LogP contribution in [0.2, 0.25) is 0 Å². The smallest absolute Gasteiger partial charge is 0.178 e. The molecular weight excluding hydrogens is 233 g/mol. The van der Waals surface area contributed by atoms with Crippen LogP contribution in [0, 0.1) is 5.82 Å². The predicted octanol–water partition coefficient (Wildman–Crippen LogP) is 1.26. The Balaban J connectivity index is 3.50. The van der Waals surface area contributed by atoms with Crippen LogP contribution < -0.4 is 10.5 Å². The zero-order valence-electron chi connectivity index (χ0n) is 9.32. The molecule has 2 N–H and O–H groups in total.